The number of unbranched alkanes of at least 4 members (excludes halogenated alkanes) is 14. The zero-order chi connectivity index (χ0) is 21.0. The van der Waals surface area contributed by atoms with Gasteiger partial charge in [-0.1, -0.05) is 77.0 Å². The molecule has 0 spiro atoms. The molecule has 28 heavy (non-hydrogen) atoms. The van der Waals surface area contributed by atoms with Gasteiger partial charge < -0.3 is 20.3 Å². The van der Waals surface area contributed by atoms with Crippen LogP contribution in [0.2, 0.25) is 0 Å². The zero-order valence-corrected chi connectivity index (χ0v) is 17.0. The standard InChI is InChI=1S/C21H37NO6/c23-17-15-13-11-9-7-5-3-1-2-4-6-8-10-12-14-16-18(24)22-19(20(25)26)21(27)28/h17,19H,1-16H2,(H,22,24)(H,25,26)(H,27,28). The van der Waals surface area contributed by atoms with Crippen molar-refractivity contribution < 1.29 is 29.4 Å². The Morgan fingerprint density at radius 1 is 0.643 bits per heavy atom. The molecule has 0 aromatic heterocycles. The lowest BCUT2D eigenvalue weighted by Gasteiger charge is -2.09. The van der Waals surface area contributed by atoms with Gasteiger partial charge in [0, 0.05) is 12.8 Å². The second-order valence-electron chi connectivity index (χ2n) is 7.33. The molecule has 0 aliphatic rings. The van der Waals surface area contributed by atoms with Crippen molar-refractivity contribution in [1.82, 2.24) is 5.32 Å². The summed E-state index contributed by atoms with van der Waals surface area (Å²) in [5.41, 5.74) is 0. The molecule has 0 radical (unpaired) electrons. The third kappa shape index (κ3) is 16.3. The van der Waals surface area contributed by atoms with E-state index in [1.54, 1.807) is 0 Å². The van der Waals surface area contributed by atoms with Crippen molar-refractivity contribution in [2.45, 2.75) is 109 Å². The molecule has 7 nitrogen and oxygen atoms in total. The van der Waals surface area contributed by atoms with E-state index in [2.05, 4.69) is 0 Å². The summed E-state index contributed by atoms with van der Waals surface area (Å²) in [5, 5.41) is 19.4. The minimum Gasteiger partial charge on any atom is -0.479 e. The fourth-order valence-corrected chi connectivity index (χ4v) is 3.10. The zero-order valence-electron chi connectivity index (χ0n) is 17.0. The highest BCUT2D eigenvalue weighted by atomic mass is 16.4. The summed E-state index contributed by atoms with van der Waals surface area (Å²) >= 11 is 0. The van der Waals surface area contributed by atoms with Gasteiger partial charge in [0.1, 0.15) is 6.29 Å². The molecule has 1 amide bonds. The van der Waals surface area contributed by atoms with E-state index in [1.807, 2.05) is 5.32 Å². The normalized spacial score (nSPS) is 10.8. The molecule has 0 saturated carbocycles. The number of carboxylic acid groups (broad SMARTS) is 2. The van der Waals surface area contributed by atoms with Gasteiger partial charge >= 0.3 is 11.9 Å². The molecular formula is C21H37NO6. The van der Waals surface area contributed by atoms with Crippen LogP contribution in [0.15, 0.2) is 0 Å². The van der Waals surface area contributed by atoms with Crippen molar-refractivity contribution in [1.29, 1.82) is 0 Å². The molecule has 0 atom stereocenters. The molecular weight excluding hydrogens is 362 g/mol. The Hall–Kier alpha value is -1.92. The van der Waals surface area contributed by atoms with E-state index in [0.717, 1.165) is 32.0 Å². The average Bonchev–Trinajstić information content (AvgIpc) is 2.65. The molecule has 0 bridgehead atoms. The van der Waals surface area contributed by atoms with Gasteiger partial charge in [-0.25, -0.2) is 9.59 Å². The van der Waals surface area contributed by atoms with Crippen LogP contribution in [0.3, 0.4) is 0 Å². The largest absolute Gasteiger partial charge is 0.479 e. The number of hydrogen-bond acceptors (Lipinski definition) is 4. The summed E-state index contributed by atoms with van der Waals surface area (Å²) in [7, 11) is 0. The lowest BCUT2D eigenvalue weighted by Crippen LogP contribution is -2.46. The van der Waals surface area contributed by atoms with E-state index in [4.69, 9.17) is 10.2 Å². The summed E-state index contributed by atoms with van der Waals surface area (Å²) in [5.74, 6) is -3.65. The molecule has 0 rings (SSSR count). The van der Waals surface area contributed by atoms with Crippen LogP contribution in [0.25, 0.3) is 0 Å². The van der Waals surface area contributed by atoms with Crippen molar-refractivity contribution in [3.8, 4) is 0 Å². The lowest BCUT2D eigenvalue weighted by molar-refractivity contribution is -0.153. The molecule has 0 heterocycles. The van der Waals surface area contributed by atoms with Gasteiger partial charge in [0.25, 0.3) is 0 Å². The van der Waals surface area contributed by atoms with Crippen LogP contribution < -0.4 is 5.32 Å². The molecule has 0 aliphatic heterocycles. The van der Waals surface area contributed by atoms with Gasteiger partial charge in [-0.05, 0) is 12.8 Å². The quantitative estimate of drug-likeness (QED) is 0.161. The van der Waals surface area contributed by atoms with E-state index >= 15 is 0 Å². The van der Waals surface area contributed by atoms with E-state index in [9.17, 15) is 19.2 Å². The van der Waals surface area contributed by atoms with E-state index in [1.165, 1.54) is 57.8 Å². The summed E-state index contributed by atoms with van der Waals surface area (Å²) in [6.45, 7) is 0. The SMILES string of the molecule is O=CCCCCCCCCCCCCCCCCC(=O)NC(C(=O)O)C(=O)O. The number of aldehydes is 1. The van der Waals surface area contributed by atoms with Crippen LogP contribution in [0.5, 0.6) is 0 Å². The topological polar surface area (TPSA) is 121 Å². The fourth-order valence-electron chi connectivity index (χ4n) is 3.10. The van der Waals surface area contributed by atoms with Crippen LogP contribution in [-0.2, 0) is 19.2 Å². The maximum Gasteiger partial charge on any atom is 0.338 e. The molecule has 0 fully saturated rings. The van der Waals surface area contributed by atoms with Gasteiger partial charge in [-0.15, -0.1) is 0 Å². The predicted octanol–water partition coefficient (Wildman–Crippen LogP) is 4.08. The summed E-state index contributed by atoms with van der Waals surface area (Å²) in [4.78, 5) is 43.1. The number of carbonyl (C=O) groups is 4. The first-order chi connectivity index (χ1) is 13.5. The van der Waals surface area contributed by atoms with Gasteiger partial charge in [-0.3, -0.25) is 4.79 Å². The number of carboxylic acids is 2. The Labute approximate surface area is 168 Å². The second-order valence-corrected chi connectivity index (χ2v) is 7.33. The average molecular weight is 400 g/mol. The van der Waals surface area contributed by atoms with Crippen LogP contribution in [0, 0.1) is 0 Å². The predicted molar refractivity (Wildman–Crippen MR) is 107 cm³/mol. The van der Waals surface area contributed by atoms with Crippen LogP contribution in [0.1, 0.15) is 103 Å². The monoisotopic (exact) mass is 399 g/mol. The van der Waals surface area contributed by atoms with E-state index in [0.29, 0.717) is 12.8 Å². The van der Waals surface area contributed by atoms with Crippen molar-refractivity contribution in [3.63, 3.8) is 0 Å². The van der Waals surface area contributed by atoms with Gasteiger partial charge in [0.15, 0.2) is 0 Å². The molecule has 0 aromatic carbocycles. The highest BCUT2D eigenvalue weighted by molar-refractivity contribution is 6.00. The fraction of sp³-hybridized carbons (Fsp3) is 0.810. The molecule has 0 unspecified atom stereocenters. The highest BCUT2D eigenvalue weighted by Gasteiger charge is 2.27. The maximum atomic E-state index is 11.6. The Morgan fingerprint density at radius 2 is 1.00 bits per heavy atom. The summed E-state index contributed by atoms with van der Waals surface area (Å²) in [6.07, 6.45) is 17.8. The molecule has 162 valence electrons. The van der Waals surface area contributed by atoms with Gasteiger partial charge in [-0.2, -0.15) is 0 Å². The molecule has 0 saturated heterocycles. The first-order valence-electron chi connectivity index (χ1n) is 10.7. The smallest absolute Gasteiger partial charge is 0.338 e. The molecule has 0 aliphatic carbocycles. The summed E-state index contributed by atoms with van der Waals surface area (Å²) in [6, 6.07) is -1.87. The molecule has 0 aromatic rings. The van der Waals surface area contributed by atoms with E-state index in [-0.39, 0.29) is 6.42 Å². The van der Waals surface area contributed by atoms with Crippen LogP contribution in [0.4, 0.5) is 0 Å². The van der Waals surface area contributed by atoms with Crippen LogP contribution in [-0.4, -0.2) is 40.4 Å². The van der Waals surface area contributed by atoms with Gasteiger partial charge in [0.2, 0.25) is 11.9 Å². The summed E-state index contributed by atoms with van der Waals surface area (Å²) < 4.78 is 0. The Balaban J connectivity index is 3.35. The molecule has 3 N–H and O–H groups in total. The highest BCUT2D eigenvalue weighted by Crippen LogP contribution is 2.13. The minimum absolute atomic E-state index is 0.159. The van der Waals surface area contributed by atoms with Crippen molar-refractivity contribution in [3.05, 3.63) is 0 Å². The van der Waals surface area contributed by atoms with Crippen LogP contribution >= 0.6 is 0 Å². The Kier molecular flexibility index (Phi) is 17.2. The number of rotatable bonds is 20. The number of hydrogen-bond donors (Lipinski definition) is 3. The number of nitrogens with one attached hydrogen (secondary N) is 1. The van der Waals surface area contributed by atoms with Crippen molar-refractivity contribution in [2.75, 3.05) is 0 Å². The Bertz CT molecular complexity index is 438. The third-order valence-corrected chi connectivity index (χ3v) is 4.78. The number of aliphatic carboxylic acids is 2. The van der Waals surface area contributed by atoms with Crippen molar-refractivity contribution in [2.24, 2.45) is 0 Å². The Morgan fingerprint density at radius 3 is 1.36 bits per heavy atom. The molecule has 7 heteroatoms. The first kappa shape index (κ1) is 26.1. The third-order valence-electron chi connectivity index (χ3n) is 4.78. The van der Waals surface area contributed by atoms with Crippen molar-refractivity contribution >= 4 is 24.1 Å². The second kappa shape index (κ2) is 18.4. The first-order valence-corrected chi connectivity index (χ1v) is 10.7. The number of carbonyl (C=O) groups excluding carboxylic acids is 2. The number of amides is 1. The minimum atomic E-state index is -1.87. The maximum absolute atomic E-state index is 11.6. The van der Waals surface area contributed by atoms with Gasteiger partial charge in [0.05, 0.1) is 0 Å². The van der Waals surface area contributed by atoms with E-state index < -0.39 is 23.9 Å². The lowest BCUT2D eigenvalue weighted by atomic mass is 10.0.